The molecule has 5 nitrogen and oxygen atoms in total. The molecule has 2 aliphatic heterocycles. The van der Waals surface area contributed by atoms with Crippen LogP contribution in [0.1, 0.15) is 32.6 Å². The van der Waals surface area contributed by atoms with Gasteiger partial charge in [-0.05, 0) is 25.2 Å². The standard InChI is InChI=1S/C16H24BrNO4/c1-2-22-14(20)13-7-16(5-12(19)6-16)10-18(13)9-15(8-17)3-4-21-11-15/h13H,2-11H2,1H3. The third-order valence-electron chi connectivity index (χ3n) is 5.32. The van der Waals surface area contributed by atoms with Crippen LogP contribution in [0.15, 0.2) is 0 Å². The zero-order valence-corrected chi connectivity index (χ0v) is 14.7. The Balaban J connectivity index is 1.73. The normalized spacial score (nSPS) is 34.1. The van der Waals surface area contributed by atoms with Crippen LogP contribution in [0.5, 0.6) is 0 Å². The molecule has 0 aromatic carbocycles. The van der Waals surface area contributed by atoms with Gasteiger partial charge in [0.15, 0.2) is 0 Å². The van der Waals surface area contributed by atoms with Crippen LogP contribution in [-0.4, -0.2) is 60.9 Å². The van der Waals surface area contributed by atoms with Crippen LogP contribution in [0.25, 0.3) is 0 Å². The lowest BCUT2D eigenvalue weighted by Gasteiger charge is -2.37. The van der Waals surface area contributed by atoms with Crippen LogP contribution < -0.4 is 0 Å². The van der Waals surface area contributed by atoms with Gasteiger partial charge in [0.25, 0.3) is 0 Å². The van der Waals surface area contributed by atoms with Crippen LogP contribution in [-0.2, 0) is 19.1 Å². The van der Waals surface area contributed by atoms with Crippen molar-refractivity contribution in [2.45, 2.75) is 38.6 Å². The summed E-state index contributed by atoms with van der Waals surface area (Å²) >= 11 is 3.62. The van der Waals surface area contributed by atoms with E-state index >= 15 is 0 Å². The summed E-state index contributed by atoms with van der Waals surface area (Å²) < 4.78 is 10.9. The first-order chi connectivity index (χ1) is 10.5. The van der Waals surface area contributed by atoms with E-state index in [9.17, 15) is 9.59 Å². The minimum Gasteiger partial charge on any atom is -0.465 e. The Kier molecular flexibility index (Phi) is 4.63. The van der Waals surface area contributed by atoms with E-state index in [1.54, 1.807) is 0 Å². The predicted molar refractivity (Wildman–Crippen MR) is 84.9 cm³/mol. The lowest BCUT2D eigenvalue weighted by Crippen LogP contribution is -2.46. The molecule has 2 heterocycles. The zero-order chi connectivity index (χ0) is 15.8. The molecular weight excluding hydrogens is 350 g/mol. The quantitative estimate of drug-likeness (QED) is 0.542. The van der Waals surface area contributed by atoms with E-state index in [-0.39, 0.29) is 22.8 Å². The van der Waals surface area contributed by atoms with Crippen molar-refractivity contribution in [3.8, 4) is 0 Å². The number of hydrogen-bond acceptors (Lipinski definition) is 5. The van der Waals surface area contributed by atoms with E-state index in [0.717, 1.165) is 44.5 Å². The van der Waals surface area contributed by atoms with Crippen molar-refractivity contribution in [1.82, 2.24) is 4.90 Å². The SMILES string of the molecule is CCOC(=O)C1CC2(CC(=O)C2)CN1CC1(CBr)CCOC1. The van der Waals surface area contributed by atoms with Crippen LogP contribution in [0, 0.1) is 10.8 Å². The summed E-state index contributed by atoms with van der Waals surface area (Å²) in [6.45, 7) is 5.42. The largest absolute Gasteiger partial charge is 0.465 e. The Morgan fingerprint density at radius 2 is 2.27 bits per heavy atom. The number of halogens is 1. The Labute approximate surface area is 139 Å². The maximum Gasteiger partial charge on any atom is 0.323 e. The van der Waals surface area contributed by atoms with E-state index in [4.69, 9.17) is 9.47 Å². The van der Waals surface area contributed by atoms with Crippen molar-refractivity contribution in [3.05, 3.63) is 0 Å². The molecule has 2 unspecified atom stereocenters. The smallest absolute Gasteiger partial charge is 0.323 e. The maximum atomic E-state index is 12.3. The summed E-state index contributed by atoms with van der Waals surface area (Å²) in [7, 11) is 0. The number of Topliss-reactive ketones (excluding diaryl/α,β-unsaturated/α-hetero) is 1. The van der Waals surface area contributed by atoms with Gasteiger partial charge < -0.3 is 9.47 Å². The van der Waals surface area contributed by atoms with Crippen molar-refractivity contribution in [3.63, 3.8) is 0 Å². The molecule has 3 rings (SSSR count). The third kappa shape index (κ3) is 2.97. The van der Waals surface area contributed by atoms with E-state index < -0.39 is 0 Å². The predicted octanol–water partition coefficient (Wildman–Crippen LogP) is 1.77. The summed E-state index contributed by atoms with van der Waals surface area (Å²) in [5.74, 6) is 0.186. The molecule has 0 radical (unpaired) electrons. The highest BCUT2D eigenvalue weighted by molar-refractivity contribution is 9.09. The van der Waals surface area contributed by atoms with Crippen molar-refractivity contribution >= 4 is 27.7 Å². The number of esters is 1. The highest BCUT2D eigenvalue weighted by atomic mass is 79.9. The van der Waals surface area contributed by atoms with Crippen molar-refractivity contribution in [1.29, 1.82) is 0 Å². The molecule has 0 aromatic rings. The fourth-order valence-corrected chi connectivity index (χ4v) is 4.79. The average Bonchev–Trinajstić information content (AvgIpc) is 3.05. The molecule has 2 atom stereocenters. The van der Waals surface area contributed by atoms with Gasteiger partial charge in [0.05, 0.1) is 13.2 Å². The van der Waals surface area contributed by atoms with E-state index in [0.29, 0.717) is 25.2 Å². The van der Waals surface area contributed by atoms with E-state index in [2.05, 4.69) is 20.8 Å². The molecule has 0 bridgehead atoms. The first-order valence-corrected chi connectivity index (χ1v) is 9.20. The number of carbonyl (C=O) groups is 2. The van der Waals surface area contributed by atoms with Crippen LogP contribution >= 0.6 is 15.9 Å². The summed E-state index contributed by atoms with van der Waals surface area (Å²) in [5.41, 5.74) is 0.0888. The molecule has 3 fully saturated rings. The summed E-state index contributed by atoms with van der Waals surface area (Å²) in [6, 6.07) is -0.204. The third-order valence-corrected chi connectivity index (χ3v) is 6.51. The van der Waals surface area contributed by atoms with Gasteiger partial charge in [0, 0.05) is 43.3 Å². The minimum absolute atomic E-state index is 0.0154. The van der Waals surface area contributed by atoms with Gasteiger partial charge in [-0.1, -0.05) is 15.9 Å². The topological polar surface area (TPSA) is 55.8 Å². The van der Waals surface area contributed by atoms with Gasteiger partial charge in [-0.25, -0.2) is 0 Å². The second kappa shape index (κ2) is 6.21. The number of alkyl halides is 1. The summed E-state index contributed by atoms with van der Waals surface area (Å²) in [5, 5.41) is 0.873. The number of likely N-dealkylation sites (tertiary alicyclic amines) is 1. The fraction of sp³-hybridized carbons (Fsp3) is 0.875. The minimum atomic E-state index is -0.204. The number of ketones is 1. The first-order valence-electron chi connectivity index (χ1n) is 8.08. The Morgan fingerprint density at radius 3 is 2.82 bits per heavy atom. The number of rotatable bonds is 5. The van der Waals surface area contributed by atoms with E-state index in [1.807, 2.05) is 6.92 Å². The molecular formula is C16H24BrNO4. The monoisotopic (exact) mass is 373 g/mol. The van der Waals surface area contributed by atoms with Gasteiger partial charge in [-0.3, -0.25) is 14.5 Å². The Hall–Kier alpha value is -0.460. The second-order valence-electron chi connectivity index (χ2n) is 7.21. The summed E-state index contributed by atoms with van der Waals surface area (Å²) in [6.07, 6.45) is 3.02. The van der Waals surface area contributed by atoms with Crippen molar-refractivity contribution in [2.24, 2.45) is 10.8 Å². The first kappa shape index (κ1) is 16.4. The molecule has 1 saturated carbocycles. The van der Waals surface area contributed by atoms with Crippen molar-refractivity contribution < 1.29 is 19.1 Å². The van der Waals surface area contributed by atoms with Crippen molar-refractivity contribution in [2.75, 3.05) is 38.2 Å². The Bertz CT molecular complexity index is 453. The molecule has 0 N–H and O–H groups in total. The number of carbonyl (C=O) groups excluding carboxylic acids is 2. The fourth-order valence-electron chi connectivity index (χ4n) is 4.18. The Morgan fingerprint density at radius 1 is 1.50 bits per heavy atom. The lowest BCUT2D eigenvalue weighted by atomic mass is 9.66. The van der Waals surface area contributed by atoms with Crippen LogP contribution in [0.4, 0.5) is 0 Å². The number of hydrogen-bond donors (Lipinski definition) is 0. The van der Waals surface area contributed by atoms with E-state index in [1.165, 1.54) is 0 Å². The van der Waals surface area contributed by atoms with Gasteiger partial charge in [-0.2, -0.15) is 0 Å². The number of ether oxygens (including phenoxy) is 2. The molecule has 0 aromatic heterocycles. The van der Waals surface area contributed by atoms with Gasteiger partial charge in [0.2, 0.25) is 0 Å². The van der Waals surface area contributed by atoms with Crippen LogP contribution in [0.3, 0.4) is 0 Å². The molecule has 3 aliphatic rings. The molecule has 1 aliphatic carbocycles. The second-order valence-corrected chi connectivity index (χ2v) is 7.77. The molecule has 0 amide bonds. The molecule has 1 spiro atoms. The van der Waals surface area contributed by atoms with Gasteiger partial charge >= 0.3 is 5.97 Å². The highest BCUT2D eigenvalue weighted by Gasteiger charge is 2.55. The zero-order valence-electron chi connectivity index (χ0n) is 13.1. The molecule has 2 saturated heterocycles. The molecule has 22 heavy (non-hydrogen) atoms. The maximum absolute atomic E-state index is 12.3. The number of nitrogens with zero attached hydrogens (tertiary/aromatic N) is 1. The molecule has 124 valence electrons. The summed E-state index contributed by atoms with van der Waals surface area (Å²) in [4.78, 5) is 26.1. The lowest BCUT2D eigenvalue weighted by molar-refractivity contribution is -0.149. The van der Waals surface area contributed by atoms with Gasteiger partial charge in [0.1, 0.15) is 11.8 Å². The average molecular weight is 374 g/mol. The van der Waals surface area contributed by atoms with Gasteiger partial charge in [-0.15, -0.1) is 0 Å². The highest BCUT2D eigenvalue weighted by Crippen LogP contribution is 2.49. The van der Waals surface area contributed by atoms with Crippen LogP contribution in [0.2, 0.25) is 0 Å². The molecule has 6 heteroatoms.